The second-order valence-corrected chi connectivity index (χ2v) is 4.61. The van der Waals surface area contributed by atoms with Crippen LogP contribution in [0.1, 0.15) is 0 Å². The molecule has 0 saturated heterocycles. The van der Waals surface area contributed by atoms with E-state index in [1.807, 2.05) is 12.3 Å². The molecule has 19 heavy (non-hydrogen) atoms. The molecule has 0 aliphatic carbocycles. The van der Waals surface area contributed by atoms with Gasteiger partial charge in [-0.15, -0.1) is 0 Å². The molecule has 7 nitrogen and oxygen atoms in total. The first-order chi connectivity index (χ1) is 9.22. The molecule has 8 heteroatoms. The summed E-state index contributed by atoms with van der Waals surface area (Å²) in [6, 6.07) is 1.85. The lowest BCUT2D eigenvalue weighted by molar-refractivity contribution is 0.266. The molecule has 2 aromatic heterocycles. The van der Waals surface area contributed by atoms with E-state index in [2.05, 4.69) is 31.4 Å². The molecule has 0 aliphatic heterocycles. The van der Waals surface area contributed by atoms with E-state index in [0.29, 0.717) is 23.2 Å². The first kappa shape index (κ1) is 13.8. The molecule has 2 N–H and O–H groups in total. The van der Waals surface area contributed by atoms with Crippen molar-refractivity contribution in [1.29, 1.82) is 0 Å². The molecule has 0 atom stereocenters. The summed E-state index contributed by atoms with van der Waals surface area (Å²) in [6.45, 7) is 1.39. The molecule has 2 heterocycles. The topological polar surface area (TPSA) is 85.0 Å². The van der Waals surface area contributed by atoms with Crippen molar-refractivity contribution in [1.82, 2.24) is 19.6 Å². The number of aliphatic hydroxyl groups is 1. The maximum Gasteiger partial charge on any atom is 0.283 e. The van der Waals surface area contributed by atoms with Gasteiger partial charge in [-0.05, 0) is 22.0 Å². The fourth-order valence-electron chi connectivity index (χ4n) is 1.58. The second-order valence-electron chi connectivity index (χ2n) is 3.82. The van der Waals surface area contributed by atoms with Gasteiger partial charge in [0.25, 0.3) is 5.56 Å². The Morgan fingerprint density at radius 1 is 1.37 bits per heavy atom. The number of aromatic nitrogens is 4. The van der Waals surface area contributed by atoms with Gasteiger partial charge in [-0.1, -0.05) is 0 Å². The van der Waals surface area contributed by atoms with Crippen molar-refractivity contribution in [2.75, 3.05) is 18.5 Å². The molecule has 0 radical (unpaired) electrons. The van der Waals surface area contributed by atoms with E-state index in [4.69, 9.17) is 5.11 Å². The molecule has 2 rings (SSSR count). The lowest BCUT2D eigenvalue weighted by Crippen LogP contribution is -2.26. The average Bonchev–Trinajstić information content (AvgIpc) is 2.91. The summed E-state index contributed by atoms with van der Waals surface area (Å²) in [5.41, 5.74) is 0.365. The Hall–Kier alpha value is -1.67. The van der Waals surface area contributed by atoms with E-state index in [1.165, 1.54) is 4.68 Å². The van der Waals surface area contributed by atoms with Crippen LogP contribution in [0.25, 0.3) is 0 Å². The van der Waals surface area contributed by atoms with Crippen molar-refractivity contribution < 1.29 is 5.11 Å². The van der Waals surface area contributed by atoms with Gasteiger partial charge in [0.15, 0.2) is 0 Å². The molecule has 2 aromatic rings. The van der Waals surface area contributed by atoms with Gasteiger partial charge in [-0.3, -0.25) is 9.48 Å². The van der Waals surface area contributed by atoms with Gasteiger partial charge in [0, 0.05) is 18.9 Å². The number of halogens is 1. The van der Waals surface area contributed by atoms with Gasteiger partial charge in [0.2, 0.25) is 0 Å². The van der Waals surface area contributed by atoms with Crippen molar-refractivity contribution >= 4 is 21.6 Å². The first-order valence-corrected chi connectivity index (χ1v) is 6.59. The van der Waals surface area contributed by atoms with E-state index >= 15 is 0 Å². The summed E-state index contributed by atoms with van der Waals surface area (Å²) in [4.78, 5) is 11.9. The Morgan fingerprint density at radius 2 is 2.21 bits per heavy atom. The molecule has 102 valence electrons. The highest BCUT2D eigenvalue weighted by atomic mass is 79.9. The Morgan fingerprint density at radius 3 is 2.89 bits per heavy atom. The molecule has 0 fully saturated rings. The van der Waals surface area contributed by atoms with Crippen molar-refractivity contribution in [3.05, 3.63) is 39.5 Å². The van der Waals surface area contributed by atoms with Gasteiger partial charge in [0.05, 0.1) is 31.6 Å². The number of aliphatic hydroxyl groups excluding tert-OH is 1. The molecule has 0 aromatic carbocycles. The molecule has 0 saturated carbocycles. The summed E-state index contributed by atoms with van der Waals surface area (Å²) in [5, 5.41) is 20.0. The third-order valence-electron chi connectivity index (χ3n) is 2.51. The van der Waals surface area contributed by atoms with Gasteiger partial charge in [-0.2, -0.15) is 10.2 Å². The number of hydrogen-bond acceptors (Lipinski definition) is 5. The highest BCUT2D eigenvalue weighted by Crippen LogP contribution is 2.15. The number of anilines is 1. The Balaban J connectivity index is 2.01. The van der Waals surface area contributed by atoms with Crippen LogP contribution in [0.15, 0.2) is 33.9 Å². The van der Waals surface area contributed by atoms with Crippen molar-refractivity contribution in [3.63, 3.8) is 0 Å². The Bertz CT molecular complexity index is 581. The van der Waals surface area contributed by atoms with Crippen LogP contribution >= 0.6 is 15.9 Å². The normalized spacial score (nSPS) is 10.6. The average molecular weight is 328 g/mol. The SMILES string of the molecule is O=c1c(Br)c(NCCn2cccn2)cnn1CCO. The van der Waals surface area contributed by atoms with Crippen LogP contribution in [0.4, 0.5) is 5.69 Å². The minimum atomic E-state index is -0.266. The van der Waals surface area contributed by atoms with E-state index in [1.54, 1.807) is 17.1 Å². The summed E-state index contributed by atoms with van der Waals surface area (Å²) >= 11 is 3.24. The zero-order valence-electron chi connectivity index (χ0n) is 10.2. The predicted octanol–water partition coefficient (Wildman–Crippen LogP) is 0.307. The number of hydrogen-bond donors (Lipinski definition) is 2. The lowest BCUT2D eigenvalue weighted by Gasteiger charge is -2.09. The molecule has 0 bridgehead atoms. The fraction of sp³-hybridized carbons (Fsp3) is 0.364. The van der Waals surface area contributed by atoms with Crippen LogP contribution in [0.3, 0.4) is 0 Å². The lowest BCUT2D eigenvalue weighted by atomic mass is 10.4. The summed E-state index contributed by atoms with van der Waals surface area (Å²) in [6.07, 6.45) is 5.14. The molecule has 0 unspecified atom stereocenters. The van der Waals surface area contributed by atoms with Crippen LogP contribution in [0, 0.1) is 0 Å². The molecule has 0 aliphatic rings. The standard InChI is InChI=1S/C11H14BrN5O2/c12-10-9(8-15-17(6-7-18)11(10)19)13-3-5-16-4-1-2-14-16/h1-2,4,8,13,18H,3,5-7H2. The van der Waals surface area contributed by atoms with Crippen molar-refractivity contribution in [3.8, 4) is 0 Å². The number of nitrogens with zero attached hydrogens (tertiary/aromatic N) is 4. The van der Waals surface area contributed by atoms with Crippen LogP contribution in [0.5, 0.6) is 0 Å². The quantitative estimate of drug-likeness (QED) is 0.797. The smallest absolute Gasteiger partial charge is 0.283 e. The van der Waals surface area contributed by atoms with E-state index < -0.39 is 0 Å². The van der Waals surface area contributed by atoms with Crippen LogP contribution in [0.2, 0.25) is 0 Å². The van der Waals surface area contributed by atoms with Gasteiger partial charge in [0.1, 0.15) is 4.47 Å². The fourth-order valence-corrected chi connectivity index (χ4v) is 2.03. The molecule has 0 amide bonds. The van der Waals surface area contributed by atoms with Crippen molar-refractivity contribution in [2.45, 2.75) is 13.1 Å². The monoisotopic (exact) mass is 327 g/mol. The second kappa shape index (κ2) is 6.48. The maximum atomic E-state index is 11.9. The number of rotatable bonds is 6. The summed E-state index contributed by atoms with van der Waals surface area (Å²) in [5.74, 6) is 0. The van der Waals surface area contributed by atoms with Gasteiger partial charge >= 0.3 is 0 Å². The zero-order chi connectivity index (χ0) is 13.7. The van der Waals surface area contributed by atoms with E-state index in [0.717, 1.165) is 0 Å². The highest BCUT2D eigenvalue weighted by molar-refractivity contribution is 9.10. The largest absolute Gasteiger partial charge is 0.394 e. The third-order valence-corrected chi connectivity index (χ3v) is 3.28. The number of nitrogens with one attached hydrogen (secondary N) is 1. The summed E-state index contributed by atoms with van der Waals surface area (Å²) < 4.78 is 3.42. The van der Waals surface area contributed by atoms with Gasteiger partial charge < -0.3 is 10.4 Å². The molecule has 0 spiro atoms. The highest BCUT2D eigenvalue weighted by Gasteiger charge is 2.07. The van der Waals surface area contributed by atoms with Gasteiger partial charge in [-0.25, -0.2) is 4.68 Å². The maximum absolute atomic E-state index is 11.9. The van der Waals surface area contributed by atoms with Crippen molar-refractivity contribution in [2.24, 2.45) is 0 Å². The third kappa shape index (κ3) is 3.42. The Labute approximate surface area is 118 Å². The minimum Gasteiger partial charge on any atom is -0.394 e. The summed E-state index contributed by atoms with van der Waals surface area (Å²) in [7, 11) is 0. The van der Waals surface area contributed by atoms with Crippen LogP contribution < -0.4 is 10.9 Å². The zero-order valence-corrected chi connectivity index (χ0v) is 11.7. The molecular formula is C11H14BrN5O2. The predicted molar refractivity (Wildman–Crippen MR) is 74.0 cm³/mol. The Kier molecular flexibility index (Phi) is 4.69. The first-order valence-electron chi connectivity index (χ1n) is 5.80. The minimum absolute atomic E-state index is 0.120. The molecular weight excluding hydrogens is 314 g/mol. The van der Waals surface area contributed by atoms with Crippen LogP contribution in [-0.4, -0.2) is 37.8 Å². The van der Waals surface area contributed by atoms with E-state index in [-0.39, 0.29) is 18.7 Å². The van der Waals surface area contributed by atoms with Crippen LogP contribution in [-0.2, 0) is 13.1 Å². The van der Waals surface area contributed by atoms with E-state index in [9.17, 15) is 4.79 Å².